The minimum atomic E-state index is 0.198. The Balaban J connectivity index is 1.97. The molecule has 0 bridgehead atoms. The van der Waals surface area contributed by atoms with Crippen molar-refractivity contribution in [3.05, 3.63) is 42.0 Å². The summed E-state index contributed by atoms with van der Waals surface area (Å²) in [6.45, 7) is 5.43. The maximum atomic E-state index is 5.71. The van der Waals surface area contributed by atoms with Gasteiger partial charge in [0.1, 0.15) is 5.44 Å². The number of ether oxygens (including phenoxy) is 1. The molecule has 1 aliphatic rings. The van der Waals surface area contributed by atoms with Gasteiger partial charge in [-0.05, 0) is 18.1 Å². The van der Waals surface area contributed by atoms with Crippen LogP contribution in [0.1, 0.15) is 25.8 Å². The molecule has 0 radical (unpaired) electrons. The fourth-order valence-electron chi connectivity index (χ4n) is 1.68. The zero-order valence-electron chi connectivity index (χ0n) is 9.85. The highest BCUT2D eigenvalue weighted by molar-refractivity contribution is 8.01. The number of hydrogen-bond donors (Lipinski definition) is 0. The van der Waals surface area contributed by atoms with E-state index in [4.69, 9.17) is 4.74 Å². The molecule has 0 N–H and O–H groups in total. The normalized spacial score (nSPS) is 24.8. The van der Waals surface area contributed by atoms with E-state index in [1.54, 1.807) is 0 Å². The van der Waals surface area contributed by atoms with Crippen molar-refractivity contribution in [2.24, 2.45) is 0 Å². The molecule has 1 heterocycles. The minimum absolute atomic E-state index is 0.198. The van der Waals surface area contributed by atoms with Crippen molar-refractivity contribution in [2.75, 3.05) is 6.61 Å². The van der Waals surface area contributed by atoms with E-state index in [0.29, 0.717) is 4.75 Å². The van der Waals surface area contributed by atoms with Crippen LogP contribution in [-0.2, 0) is 4.74 Å². The molecular weight excluding hydrogens is 216 g/mol. The summed E-state index contributed by atoms with van der Waals surface area (Å²) in [7, 11) is 0. The second kappa shape index (κ2) is 5.07. The largest absolute Gasteiger partial charge is 0.363 e. The van der Waals surface area contributed by atoms with Crippen molar-refractivity contribution in [3.8, 4) is 0 Å². The molecule has 16 heavy (non-hydrogen) atoms. The SMILES string of the molecule is CC1(C)CCOC(C=Cc2ccccc2)S1. The molecule has 1 fully saturated rings. The molecule has 1 saturated heterocycles. The van der Waals surface area contributed by atoms with Crippen LogP contribution in [0, 0.1) is 0 Å². The van der Waals surface area contributed by atoms with Crippen molar-refractivity contribution in [3.63, 3.8) is 0 Å². The van der Waals surface area contributed by atoms with Crippen LogP contribution in [0.3, 0.4) is 0 Å². The fourth-order valence-corrected chi connectivity index (χ4v) is 2.83. The average molecular weight is 234 g/mol. The molecule has 1 aliphatic heterocycles. The Morgan fingerprint density at radius 3 is 2.75 bits per heavy atom. The molecule has 0 saturated carbocycles. The van der Waals surface area contributed by atoms with E-state index in [2.05, 4.69) is 50.3 Å². The van der Waals surface area contributed by atoms with Gasteiger partial charge in [0.15, 0.2) is 0 Å². The van der Waals surface area contributed by atoms with Gasteiger partial charge in [0, 0.05) is 11.4 Å². The second-order valence-corrected chi connectivity index (χ2v) is 6.44. The lowest BCUT2D eigenvalue weighted by Gasteiger charge is -2.33. The molecule has 0 amide bonds. The number of hydrogen-bond acceptors (Lipinski definition) is 2. The first-order valence-electron chi connectivity index (χ1n) is 5.68. The predicted octanol–water partition coefficient (Wildman–Crippen LogP) is 3.96. The van der Waals surface area contributed by atoms with Gasteiger partial charge < -0.3 is 4.74 Å². The summed E-state index contributed by atoms with van der Waals surface area (Å²) >= 11 is 1.90. The van der Waals surface area contributed by atoms with E-state index < -0.39 is 0 Å². The van der Waals surface area contributed by atoms with Gasteiger partial charge >= 0.3 is 0 Å². The van der Waals surface area contributed by atoms with Crippen LogP contribution in [0.5, 0.6) is 0 Å². The van der Waals surface area contributed by atoms with Crippen LogP contribution >= 0.6 is 11.8 Å². The van der Waals surface area contributed by atoms with Gasteiger partial charge in [0.25, 0.3) is 0 Å². The molecule has 0 aromatic heterocycles. The zero-order valence-corrected chi connectivity index (χ0v) is 10.7. The smallest absolute Gasteiger partial charge is 0.122 e. The van der Waals surface area contributed by atoms with Crippen LogP contribution in [0.2, 0.25) is 0 Å². The van der Waals surface area contributed by atoms with Gasteiger partial charge in [0.05, 0.1) is 0 Å². The van der Waals surface area contributed by atoms with Crippen molar-refractivity contribution in [1.29, 1.82) is 0 Å². The third-order valence-electron chi connectivity index (χ3n) is 2.67. The molecule has 0 aliphatic carbocycles. The standard InChI is InChI=1S/C14H18OS/c1-14(2)10-11-15-13(16-14)9-8-12-6-4-3-5-7-12/h3-9,13H,10-11H2,1-2H3. The minimum Gasteiger partial charge on any atom is -0.363 e. The van der Waals surface area contributed by atoms with Crippen molar-refractivity contribution < 1.29 is 4.74 Å². The number of benzene rings is 1. The quantitative estimate of drug-likeness (QED) is 0.766. The van der Waals surface area contributed by atoms with Crippen molar-refractivity contribution >= 4 is 17.8 Å². The van der Waals surface area contributed by atoms with Crippen LogP contribution < -0.4 is 0 Å². The first-order valence-corrected chi connectivity index (χ1v) is 6.56. The molecule has 1 aromatic rings. The molecule has 1 unspecified atom stereocenters. The summed E-state index contributed by atoms with van der Waals surface area (Å²) in [5.74, 6) is 0. The zero-order chi connectivity index (χ0) is 11.4. The summed E-state index contributed by atoms with van der Waals surface area (Å²) in [5.41, 5.74) is 1.43. The molecule has 1 nitrogen and oxygen atoms in total. The summed E-state index contributed by atoms with van der Waals surface area (Å²) < 4.78 is 6.05. The summed E-state index contributed by atoms with van der Waals surface area (Å²) in [6.07, 6.45) is 5.42. The third-order valence-corrected chi connectivity index (χ3v) is 4.03. The highest BCUT2D eigenvalue weighted by Gasteiger charge is 2.27. The Labute approximate surface area is 102 Å². The van der Waals surface area contributed by atoms with Crippen molar-refractivity contribution in [1.82, 2.24) is 0 Å². The first-order chi connectivity index (χ1) is 7.66. The van der Waals surface area contributed by atoms with E-state index >= 15 is 0 Å². The maximum absolute atomic E-state index is 5.71. The van der Waals surface area contributed by atoms with Gasteiger partial charge in [-0.25, -0.2) is 0 Å². The lowest BCUT2D eigenvalue weighted by molar-refractivity contribution is 0.119. The van der Waals surface area contributed by atoms with Gasteiger partial charge in [-0.15, -0.1) is 11.8 Å². The Morgan fingerprint density at radius 1 is 1.31 bits per heavy atom. The predicted molar refractivity (Wildman–Crippen MR) is 71.5 cm³/mol. The van der Waals surface area contributed by atoms with Crippen LogP contribution in [-0.4, -0.2) is 16.8 Å². The molecule has 1 atom stereocenters. The highest BCUT2D eigenvalue weighted by Crippen LogP contribution is 2.37. The van der Waals surface area contributed by atoms with Gasteiger partial charge in [0.2, 0.25) is 0 Å². The molecule has 86 valence electrons. The van der Waals surface area contributed by atoms with Gasteiger partial charge in [-0.1, -0.05) is 50.3 Å². The van der Waals surface area contributed by atoms with E-state index in [-0.39, 0.29) is 5.44 Å². The highest BCUT2D eigenvalue weighted by atomic mass is 32.2. The first kappa shape index (κ1) is 11.7. The maximum Gasteiger partial charge on any atom is 0.122 e. The Kier molecular flexibility index (Phi) is 3.72. The van der Waals surface area contributed by atoms with E-state index in [9.17, 15) is 0 Å². The van der Waals surface area contributed by atoms with E-state index in [0.717, 1.165) is 13.0 Å². The van der Waals surface area contributed by atoms with E-state index in [1.807, 2.05) is 17.8 Å². The fraction of sp³-hybridized carbons (Fsp3) is 0.429. The monoisotopic (exact) mass is 234 g/mol. The third kappa shape index (κ3) is 3.39. The second-order valence-electron chi connectivity index (χ2n) is 4.64. The molecule has 1 aromatic carbocycles. The van der Waals surface area contributed by atoms with Crippen molar-refractivity contribution in [2.45, 2.75) is 30.5 Å². The van der Waals surface area contributed by atoms with Crippen LogP contribution in [0.25, 0.3) is 6.08 Å². The van der Waals surface area contributed by atoms with Gasteiger partial charge in [-0.3, -0.25) is 0 Å². The lowest BCUT2D eigenvalue weighted by atomic mass is 10.1. The van der Waals surface area contributed by atoms with Crippen LogP contribution in [0.4, 0.5) is 0 Å². The molecule has 0 spiro atoms. The number of thioether (sulfide) groups is 1. The topological polar surface area (TPSA) is 9.23 Å². The molecule has 2 rings (SSSR count). The summed E-state index contributed by atoms with van der Waals surface area (Å²) in [4.78, 5) is 0. The van der Waals surface area contributed by atoms with Gasteiger partial charge in [-0.2, -0.15) is 0 Å². The lowest BCUT2D eigenvalue weighted by Crippen LogP contribution is -2.28. The Hall–Kier alpha value is -0.730. The summed E-state index contributed by atoms with van der Waals surface area (Å²) in [6, 6.07) is 10.4. The van der Waals surface area contributed by atoms with Crippen LogP contribution in [0.15, 0.2) is 36.4 Å². The van der Waals surface area contributed by atoms with E-state index in [1.165, 1.54) is 5.56 Å². The summed E-state index contributed by atoms with van der Waals surface area (Å²) in [5, 5.41) is 0. The molecular formula is C14H18OS. The Bertz CT molecular complexity index is 356. The number of rotatable bonds is 2. The average Bonchev–Trinajstić information content (AvgIpc) is 2.27. The Morgan fingerprint density at radius 2 is 2.06 bits per heavy atom. The molecule has 2 heteroatoms.